The summed E-state index contributed by atoms with van der Waals surface area (Å²) in [5.74, 6) is 1.55. The van der Waals surface area contributed by atoms with Gasteiger partial charge in [-0.15, -0.1) is 0 Å². The third-order valence-electron chi connectivity index (χ3n) is 6.60. The summed E-state index contributed by atoms with van der Waals surface area (Å²) in [6.45, 7) is 0.762. The minimum absolute atomic E-state index is 0.0218. The standard InChI is InChI=1S/C22H37NO4/c1-23(19-11-3-2-4-12-19)22(25)20-15-18(17-9-5-6-10-17)16-21(27-20)26-14-8-7-13-24/h15,17-19,21,24H,2-14,16H2,1H3/t18-,21+/m0/s1. The van der Waals surface area contributed by atoms with E-state index in [1.54, 1.807) is 0 Å². The van der Waals surface area contributed by atoms with Crippen molar-refractivity contribution >= 4 is 5.91 Å². The fraction of sp³-hybridized carbons (Fsp3) is 0.864. The Balaban J connectivity index is 1.64. The maximum Gasteiger partial charge on any atom is 0.288 e. The minimum atomic E-state index is -0.335. The Hall–Kier alpha value is -1.07. The van der Waals surface area contributed by atoms with Gasteiger partial charge in [-0.05, 0) is 56.4 Å². The summed E-state index contributed by atoms with van der Waals surface area (Å²) in [6.07, 6.45) is 15.2. The number of hydrogen-bond donors (Lipinski definition) is 1. The van der Waals surface area contributed by atoms with Crippen LogP contribution < -0.4 is 0 Å². The second-order valence-corrected chi connectivity index (χ2v) is 8.53. The fourth-order valence-corrected chi connectivity index (χ4v) is 4.89. The molecular formula is C22H37NO4. The number of ether oxygens (including phenoxy) is 2. The topological polar surface area (TPSA) is 59.0 Å². The molecule has 1 N–H and O–H groups in total. The average Bonchev–Trinajstić information content (AvgIpc) is 3.25. The Bertz CT molecular complexity index is 495. The fourth-order valence-electron chi connectivity index (χ4n) is 4.89. The molecule has 1 aliphatic heterocycles. The largest absolute Gasteiger partial charge is 0.459 e. The number of unbranched alkanes of at least 4 members (excludes halogenated alkanes) is 1. The summed E-state index contributed by atoms with van der Waals surface area (Å²) in [4.78, 5) is 15.0. The van der Waals surface area contributed by atoms with Gasteiger partial charge < -0.3 is 19.5 Å². The smallest absolute Gasteiger partial charge is 0.288 e. The summed E-state index contributed by atoms with van der Waals surface area (Å²) in [5, 5.41) is 8.94. The number of allylic oxidation sites excluding steroid dienone is 1. The Kier molecular flexibility index (Phi) is 8.01. The van der Waals surface area contributed by atoms with Gasteiger partial charge in [0.2, 0.25) is 6.29 Å². The van der Waals surface area contributed by atoms with Gasteiger partial charge in [-0.3, -0.25) is 4.79 Å². The van der Waals surface area contributed by atoms with Crippen LogP contribution in [0.4, 0.5) is 0 Å². The van der Waals surface area contributed by atoms with E-state index >= 15 is 0 Å². The predicted octanol–water partition coefficient (Wildman–Crippen LogP) is 4.00. The maximum absolute atomic E-state index is 13.1. The predicted molar refractivity (Wildman–Crippen MR) is 105 cm³/mol. The van der Waals surface area contributed by atoms with Crippen LogP contribution >= 0.6 is 0 Å². The van der Waals surface area contributed by atoms with E-state index in [0.29, 0.717) is 30.2 Å². The zero-order chi connectivity index (χ0) is 19.1. The Morgan fingerprint density at radius 3 is 2.56 bits per heavy atom. The molecular weight excluding hydrogens is 342 g/mol. The SMILES string of the molecule is CN(C(=O)C1=C[C@H](C2CCCC2)C[C@H](OCCCCO)O1)C1CCCCC1. The first-order chi connectivity index (χ1) is 13.2. The van der Waals surface area contributed by atoms with Gasteiger partial charge in [0.15, 0.2) is 5.76 Å². The molecule has 2 saturated carbocycles. The van der Waals surface area contributed by atoms with Crippen LogP contribution in [0.25, 0.3) is 0 Å². The van der Waals surface area contributed by atoms with E-state index in [9.17, 15) is 4.79 Å². The monoisotopic (exact) mass is 379 g/mol. The van der Waals surface area contributed by atoms with Crippen molar-refractivity contribution in [3.05, 3.63) is 11.8 Å². The van der Waals surface area contributed by atoms with Crippen molar-refractivity contribution in [2.24, 2.45) is 11.8 Å². The van der Waals surface area contributed by atoms with E-state index in [4.69, 9.17) is 14.6 Å². The van der Waals surface area contributed by atoms with Crippen LogP contribution in [0.5, 0.6) is 0 Å². The lowest BCUT2D eigenvalue weighted by Crippen LogP contribution is -2.41. The first kappa shape index (κ1) is 20.7. The quantitative estimate of drug-likeness (QED) is 0.648. The van der Waals surface area contributed by atoms with E-state index in [1.165, 1.54) is 44.9 Å². The zero-order valence-electron chi connectivity index (χ0n) is 16.9. The van der Waals surface area contributed by atoms with Gasteiger partial charge in [0.05, 0.1) is 6.61 Å². The van der Waals surface area contributed by atoms with Gasteiger partial charge >= 0.3 is 0 Å². The molecule has 3 rings (SSSR count). The highest BCUT2D eigenvalue weighted by molar-refractivity contribution is 5.91. The molecule has 3 aliphatic rings. The van der Waals surface area contributed by atoms with Crippen molar-refractivity contribution in [3.63, 3.8) is 0 Å². The maximum atomic E-state index is 13.1. The highest BCUT2D eigenvalue weighted by Gasteiger charge is 2.35. The third-order valence-corrected chi connectivity index (χ3v) is 6.60. The molecule has 1 amide bonds. The lowest BCUT2D eigenvalue weighted by Gasteiger charge is -2.35. The number of hydrogen-bond acceptors (Lipinski definition) is 4. The summed E-state index contributed by atoms with van der Waals surface area (Å²) in [5.41, 5.74) is 0. The van der Waals surface area contributed by atoms with Gasteiger partial charge in [-0.2, -0.15) is 0 Å². The van der Waals surface area contributed by atoms with Crippen LogP contribution in [0, 0.1) is 11.8 Å². The lowest BCUT2D eigenvalue weighted by atomic mass is 9.86. The number of amides is 1. The van der Waals surface area contributed by atoms with Gasteiger partial charge in [-0.1, -0.05) is 32.1 Å². The second-order valence-electron chi connectivity index (χ2n) is 8.53. The third kappa shape index (κ3) is 5.71. The molecule has 0 bridgehead atoms. The first-order valence-electron chi connectivity index (χ1n) is 11.1. The molecule has 2 fully saturated rings. The van der Waals surface area contributed by atoms with Gasteiger partial charge in [-0.25, -0.2) is 0 Å². The molecule has 5 heteroatoms. The molecule has 2 aliphatic carbocycles. The Morgan fingerprint density at radius 1 is 1.15 bits per heavy atom. The number of aliphatic hydroxyl groups excluding tert-OH is 1. The van der Waals surface area contributed by atoms with Crippen molar-refractivity contribution in [1.29, 1.82) is 0 Å². The van der Waals surface area contributed by atoms with Crippen LogP contribution in [-0.4, -0.2) is 48.5 Å². The molecule has 0 saturated heterocycles. The van der Waals surface area contributed by atoms with Crippen LogP contribution in [0.2, 0.25) is 0 Å². The van der Waals surface area contributed by atoms with E-state index in [-0.39, 0.29) is 18.8 Å². The molecule has 0 radical (unpaired) electrons. The number of rotatable bonds is 8. The van der Waals surface area contributed by atoms with Crippen molar-refractivity contribution in [1.82, 2.24) is 4.90 Å². The molecule has 0 unspecified atom stereocenters. The summed E-state index contributed by atoms with van der Waals surface area (Å²) < 4.78 is 12.0. The Labute approximate surface area is 164 Å². The van der Waals surface area contributed by atoms with Gasteiger partial charge in [0, 0.05) is 26.1 Å². The molecule has 0 aromatic heterocycles. The number of carbonyl (C=O) groups excluding carboxylic acids is 1. The zero-order valence-corrected chi connectivity index (χ0v) is 16.9. The second kappa shape index (κ2) is 10.5. The van der Waals surface area contributed by atoms with E-state index in [1.807, 2.05) is 11.9 Å². The van der Waals surface area contributed by atoms with Crippen LogP contribution in [-0.2, 0) is 14.3 Å². The van der Waals surface area contributed by atoms with Crippen molar-refractivity contribution in [3.8, 4) is 0 Å². The van der Waals surface area contributed by atoms with Gasteiger partial charge in [0.1, 0.15) is 0 Å². The minimum Gasteiger partial charge on any atom is -0.459 e. The van der Waals surface area contributed by atoms with E-state index in [0.717, 1.165) is 32.1 Å². The summed E-state index contributed by atoms with van der Waals surface area (Å²) >= 11 is 0. The number of aliphatic hydroxyl groups is 1. The molecule has 0 aromatic rings. The van der Waals surface area contributed by atoms with Crippen molar-refractivity contribution < 1.29 is 19.4 Å². The number of likely N-dealkylation sites (N-methyl/N-ethyl adjacent to an activating group) is 1. The number of nitrogens with zero attached hydrogens (tertiary/aromatic N) is 1. The van der Waals surface area contributed by atoms with Crippen LogP contribution in [0.3, 0.4) is 0 Å². The molecule has 154 valence electrons. The molecule has 2 atom stereocenters. The molecule has 5 nitrogen and oxygen atoms in total. The number of carbonyl (C=O) groups is 1. The van der Waals surface area contributed by atoms with E-state index in [2.05, 4.69) is 6.08 Å². The normalized spacial score (nSPS) is 27.3. The Morgan fingerprint density at radius 2 is 1.85 bits per heavy atom. The molecule has 27 heavy (non-hydrogen) atoms. The van der Waals surface area contributed by atoms with Crippen molar-refractivity contribution in [2.75, 3.05) is 20.3 Å². The van der Waals surface area contributed by atoms with Crippen molar-refractivity contribution in [2.45, 2.75) is 89.4 Å². The molecule has 0 aromatic carbocycles. The first-order valence-corrected chi connectivity index (χ1v) is 11.1. The van der Waals surface area contributed by atoms with Gasteiger partial charge in [0.25, 0.3) is 5.91 Å². The molecule has 1 heterocycles. The van der Waals surface area contributed by atoms with Crippen LogP contribution in [0.1, 0.15) is 77.0 Å². The lowest BCUT2D eigenvalue weighted by molar-refractivity contribution is -0.157. The average molecular weight is 380 g/mol. The molecule has 0 spiro atoms. The van der Waals surface area contributed by atoms with E-state index < -0.39 is 0 Å². The van der Waals surface area contributed by atoms with Crippen LogP contribution in [0.15, 0.2) is 11.8 Å². The highest BCUT2D eigenvalue weighted by Crippen LogP contribution is 2.38. The summed E-state index contributed by atoms with van der Waals surface area (Å²) in [6, 6.07) is 0.339. The highest BCUT2D eigenvalue weighted by atomic mass is 16.7. The summed E-state index contributed by atoms with van der Waals surface area (Å²) in [7, 11) is 1.93.